The van der Waals surface area contributed by atoms with E-state index in [1.54, 1.807) is 6.92 Å². The van der Waals surface area contributed by atoms with Crippen LogP contribution in [0.5, 0.6) is 0 Å². The van der Waals surface area contributed by atoms with Crippen molar-refractivity contribution in [2.75, 3.05) is 13.7 Å². The summed E-state index contributed by atoms with van der Waals surface area (Å²) in [5.41, 5.74) is -0.835. The standard InChI is InChI=1S/C13H15FN2O5/c1-3-21-12(17)7-10(15-2)13(18)8-4-5-9(14)11(6-8)16(19)20/h4-6,10,15H,3,7H2,1-2H3. The smallest absolute Gasteiger partial charge is 0.307 e. The van der Waals surface area contributed by atoms with E-state index in [0.717, 1.165) is 18.2 Å². The van der Waals surface area contributed by atoms with E-state index in [9.17, 15) is 24.1 Å². The normalized spacial score (nSPS) is 11.8. The Morgan fingerprint density at radius 2 is 2.14 bits per heavy atom. The molecule has 1 rings (SSSR count). The first-order valence-electron chi connectivity index (χ1n) is 6.21. The first-order valence-corrected chi connectivity index (χ1v) is 6.21. The van der Waals surface area contributed by atoms with Crippen LogP contribution in [0.4, 0.5) is 10.1 Å². The number of rotatable bonds is 7. The molecule has 0 aliphatic heterocycles. The SMILES string of the molecule is CCOC(=O)CC(NC)C(=O)c1ccc(F)c([N+](=O)[O-])c1. The zero-order chi connectivity index (χ0) is 16.0. The average molecular weight is 298 g/mol. The molecule has 0 bridgehead atoms. The molecule has 1 aromatic rings. The summed E-state index contributed by atoms with van der Waals surface area (Å²) in [6, 6.07) is 1.95. The number of nitro groups is 1. The summed E-state index contributed by atoms with van der Waals surface area (Å²) >= 11 is 0. The molecule has 0 aromatic heterocycles. The molecule has 1 aromatic carbocycles. The Kier molecular flexibility index (Phi) is 5.92. The fourth-order valence-corrected chi connectivity index (χ4v) is 1.72. The number of carbonyl (C=O) groups excluding carboxylic acids is 2. The molecule has 1 N–H and O–H groups in total. The van der Waals surface area contributed by atoms with Crippen LogP contribution >= 0.6 is 0 Å². The summed E-state index contributed by atoms with van der Waals surface area (Å²) < 4.78 is 18.0. The average Bonchev–Trinajstić information content (AvgIpc) is 2.44. The highest BCUT2D eigenvalue weighted by Crippen LogP contribution is 2.20. The third-order valence-electron chi connectivity index (χ3n) is 2.77. The summed E-state index contributed by atoms with van der Waals surface area (Å²) in [4.78, 5) is 33.3. The molecule has 0 amide bonds. The van der Waals surface area contributed by atoms with E-state index in [4.69, 9.17) is 4.74 Å². The Hall–Kier alpha value is -2.35. The molecule has 0 fully saturated rings. The van der Waals surface area contributed by atoms with Crippen LogP contribution in [-0.4, -0.2) is 36.4 Å². The maximum atomic E-state index is 13.2. The first kappa shape index (κ1) is 16.7. The summed E-state index contributed by atoms with van der Waals surface area (Å²) in [5.74, 6) is -2.14. The molecule has 0 spiro atoms. The Balaban J connectivity index is 2.97. The van der Waals surface area contributed by atoms with Gasteiger partial charge in [0.1, 0.15) is 0 Å². The van der Waals surface area contributed by atoms with E-state index in [0.29, 0.717) is 0 Å². The molecule has 7 nitrogen and oxygen atoms in total. The number of halogens is 1. The molecule has 0 aliphatic rings. The van der Waals surface area contributed by atoms with Crippen LogP contribution in [0.25, 0.3) is 0 Å². The molecule has 8 heteroatoms. The predicted octanol–water partition coefficient (Wildman–Crippen LogP) is 1.46. The van der Waals surface area contributed by atoms with Crippen LogP contribution in [0, 0.1) is 15.9 Å². The topological polar surface area (TPSA) is 98.5 Å². The maximum absolute atomic E-state index is 13.2. The van der Waals surface area contributed by atoms with E-state index in [-0.39, 0.29) is 18.6 Å². The van der Waals surface area contributed by atoms with E-state index in [2.05, 4.69) is 5.32 Å². The van der Waals surface area contributed by atoms with Crippen molar-refractivity contribution in [1.82, 2.24) is 5.32 Å². The van der Waals surface area contributed by atoms with Gasteiger partial charge in [-0.05, 0) is 26.1 Å². The van der Waals surface area contributed by atoms with Crippen molar-refractivity contribution in [2.24, 2.45) is 0 Å². The van der Waals surface area contributed by atoms with E-state index >= 15 is 0 Å². The van der Waals surface area contributed by atoms with Crippen molar-refractivity contribution in [1.29, 1.82) is 0 Å². The second kappa shape index (κ2) is 7.44. The number of benzene rings is 1. The van der Waals surface area contributed by atoms with Gasteiger partial charge in [0.2, 0.25) is 5.82 Å². The van der Waals surface area contributed by atoms with E-state index < -0.39 is 34.2 Å². The van der Waals surface area contributed by atoms with Crippen molar-refractivity contribution in [2.45, 2.75) is 19.4 Å². The number of Topliss-reactive ketones (excluding diaryl/α,β-unsaturated/α-hetero) is 1. The van der Waals surface area contributed by atoms with Gasteiger partial charge in [0.05, 0.1) is 24.0 Å². The maximum Gasteiger partial charge on any atom is 0.307 e. The van der Waals surface area contributed by atoms with Gasteiger partial charge in [0.15, 0.2) is 5.78 Å². The van der Waals surface area contributed by atoms with Crippen molar-refractivity contribution in [3.63, 3.8) is 0 Å². The number of ether oxygens (including phenoxy) is 1. The number of nitrogens with one attached hydrogen (secondary N) is 1. The van der Waals surface area contributed by atoms with Gasteiger partial charge in [-0.3, -0.25) is 19.7 Å². The second-order valence-electron chi connectivity index (χ2n) is 4.14. The lowest BCUT2D eigenvalue weighted by Gasteiger charge is -2.14. The summed E-state index contributed by atoms with van der Waals surface area (Å²) in [6.07, 6.45) is -0.214. The molecule has 0 saturated carbocycles. The molecular formula is C13H15FN2O5. The molecule has 0 heterocycles. The minimum absolute atomic E-state index is 0.0493. The van der Waals surface area contributed by atoms with Crippen LogP contribution < -0.4 is 5.32 Å². The molecule has 0 radical (unpaired) electrons. The molecule has 114 valence electrons. The number of nitro benzene ring substituents is 1. The highest BCUT2D eigenvalue weighted by Gasteiger charge is 2.25. The van der Waals surface area contributed by atoms with Crippen LogP contribution in [0.15, 0.2) is 18.2 Å². The Bertz CT molecular complexity index is 561. The number of likely N-dealkylation sites (N-methyl/N-ethyl adjacent to an activating group) is 1. The third kappa shape index (κ3) is 4.32. The van der Waals surface area contributed by atoms with Crippen LogP contribution in [0.1, 0.15) is 23.7 Å². The fourth-order valence-electron chi connectivity index (χ4n) is 1.72. The molecule has 0 aliphatic carbocycles. The molecule has 1 unspecified atom stereocenters. The van der Waals surface area contributed by atoms with E-state index in [1.165, 1.54) is 7.05 Å². The van der Waals surface area contributed by atoms with E-state index in [1.807, 2.05) is 0 Å². The van der Waals surface area contributed by atoms with Gasteiger partial charge in [-0.25, -0.2) is 0 Å². The zero-order valence-electron chi connectivity index (χ0n) is 11.6. The first-order chi connectivity index (χ1) is 9.90. The lowest BCUT2D eigenvalue weighted by Crippen LogP contribution is -2.36. The largest absolute Gasteiger partial charge is 0.466 e. The Morgan fingerprint density at radius 3 is 2.67 bits per heavy atom. The molecule has 0 saturated heterocycles. The minimum Gasteiger partial charge on any atom is -0.466 e. The van der Waals surface area contributed by atoms with Gasteiger partial charge in [-0.15, -0.1) is 0 Å². The van der Waals surface area contributed by atoms with Gasteiger partial charge in [0, 0.05) is 11.6 Å². The van der Waals surface area contributed by atoms with Crippen LogP contribution in [0.3, 0.4) is 0 Å². The number of hydrogen-bond acceptors (Lipinski definition) is 6. The number of hydrogen-bond donors (Lipinski definition) is 1. The second-order valence-corrected chi connectivity index (χ2v) is 4.14. The lowest BCUT2D eigenvalue weighted by molar-refractivity contribution is -0.387. The highest BCUT2D eigenvalue weighted by molar-refractivity contribution is 6.02. The van der Waals surface area contributed by atoms with Gasteiger partial charge in [-0.2, -0.15) is 4.39 Å². The lowest BCUT2D eigenvalue weighted by atomic mass is 10.0. The summed E-state index contributed by atoms with van der Waals surface area (Å²) in [5, 5.41) is 13.3. The number of carbonyl (C=O) groups is 2. The highest BCUT2D eigenvalue weighted by atomic mass is 19.1. The summed E-state index contributed by atoms with van der Waals surface area (Å²) in [7, 11) is 1.47. The van der Waals surface area contributed by atoms with Crippen LogP contribution in [-0.2, 0) is 9.53 Å². The fraction of sp³-hybridized carbons (Fsp3) is 0.385. The van der Waals surface area contributed by atoms with Gasteiger partial charge < -0.3 is 10.1 Å². The predicted molar refractivity (Wildman–Crippen MR) is 71.5 cm³/mol. The zero-order valence-corrected chi connectivity index (χ0v) is 11.6. The van der Waals surface area contributed by atoms with Crippen molar-refractivity contribution in [3.05, 3.63) is 39.7 Å². The Labute approximate surface area is 120 Å². The van der Waals surface area contributed by atoms with Crippen molar-refractivity contribution in [3.8, 4) is 0 Å². The number of ketones is 1. The van der Waals surface area contributed by atoms with Gasteiger partial charge >= 0.3 is 11.7 Å². The Morgan fingerprint density at radius 1 is 1.48 bits per heavy atom. The van der Waals surface area contributed by atoms with Crippen molar-refractivity contribution < 1.29 is 23.6 Å². The molecule has 1 atom stereocenters. The monoisotopic (exact) mass is 298 g/mol. The third-order valence-corrected chi connectivity index (χ3v) is 2.77. The number of esters is 1. The van der Waals surface area contributed by atoms with Crippen molar-refractivity contribution >= 4 is 17.4 Å². The molecular weight excluding hydrogens is 283 g/mol. The van der Waals surface area contributed by atoms with Gasteiger partial charge in [0.25, 0.3) is 0 Å². The number of nitrogens with zero attached hydrogens (tertiary/aromatic N) is 1. The summed E-state index contributed by atoms with van der Waals surface area (Å²) in [6.45, 7) is 1.82. The minimum atomic E-state index is -1.03. The molecule has 21 heavy (non-hydrogen) atoms. The van der Waals surface area contributed by atoms with Crippen LogP contribution in [0.2, 0.25) is 0 Å². The van der Waals surface area contributed by atoms with Gasteiger partial charge in [-0.1, -0.05) is 0 Å². The quantitative estimate of drug-likeness (QED) is 0.354.